The van der Waals surface area contributed by atoms with Crippen molar-refractivity contribution in [1.29, 1.82) is 0 Å². The molecule has 1 aromatic heterocycles. The molecule has 0 amide bonds. The predicted octanol–water partition coefficient (Wildman–Crippen LogP) is 4.51. The molecule has 0 saturated heterocycles. The van der Waals surface area contributed by atoms with E-state index in [4.69, 9.17) is 19.3 Å². The SMILES string of the molecule is COc1ccc(Br)c(Oc2c(NS(=O)(=O)c3ccc(C(C)(C)C)cc3)ncnc2OCCO)c1. The molecule has 182 valence electrons. The van der Waals surface area contributed by atoms with Gasteiger partial charge in [0.1, 0.15) is 24.4 Å². The van der Waals surface area contributed by atoms with Crippen LogP contribution in [0.2, 0.25) is 0 Å². The van der Waals surface area contributed by atoms with Crippen molar-refractivity contribution in [3.8, 4) is 23.1 Å². The molecule has 0 unspecified atom stereocenters. The summed E-state index contributed by atoms with van der Waals surface area (Å²) in [6.07, 6.45) is 1.14. The lowest BCUT2D eigenvalue weighted by atomic mass is 9.87. The summed E-state index contributed by atoms with van der Waals surface area (Å²) in [5, 5.41) is 9.16. The monoisotopic (exact) mass is 551 g/mol. The van der Waals surface area contributed by atoms with Crippen molar-refractivity contribution >= 4 is 31.8 Å². The van der Waals surface area contributed by atoms with Gasteiger partial charge < -0.3 is 19.3 Å². The number of nitrogens with one attached hydrogen (secondary N) is 1. The van der Waals surface area contributed by atoms with Crippen LogP contribution in [-0.4, -0.2) is 43.8 Å². The van der Waals surface area contributed by atoms with Crippen LogP contribution in [0.15, 0.2) is 58.2 Å². The van der Waals surface area contributed by atoms with E-state index in [1.165, 1.54) is 19.2 Å². The molecule has 0 spiro atoms. The van der Waals surface area contributed by atoms with E-state index in [1.54, 1.807) is 30.3 Å². The summed E-state index contributed by atoms with van der Waals surface area (Å²) in [6, 6.07) is 11.7. The zero-order valence-electron chi connectivity index (χ0n) is 19.2. The second-order valence-electron chi connectivity index (χ2n) is 8.21. The van der Waals surface area contributed by atoms with Crippen LogP contribution in [0.5, 0.6) is 23.1 Å². The number of nitrogens with zero attached hydrogens (tertiary/aromatic N) is 2. The zero-order valence-corrected chi connectivity index (χ0v) is 21.6. The lowest BCUT2D eigenvalue weighted by Crippen LogP contribution is -2.16. The molecule has 3 rings (SSSR count). The van der Waals surface area contributed by atoms with Crippen molar-refractivity contribution in [1.82, 2.24) is 9.97 Å². The highest BCUT2D eigenvalue weighted by atomic mass is 79.9. The Balaban J connectivity index is 2.01. The number of benzene rings is 2. The quantitative estimate of drug-likeness (QED) is 0.398. The highest BCUT2D eigenvalue weighted by Gasteiger charge is 2.24. The summed E-state index contributed by atoms with van der Waals surface area (Å²) in [4.78, 5) is 8.16. The molecule has 3 aromatic rings. The van der Waals surface area contributed by atoms with Gasteiger partial charge in [0.2, 0.25) is 5.75 Å². The minimum atomic E-state index is -4.01. The summed E-state index contributed by atoms with van der Waals surface area (Å²) in [5.41, 5.74) is 0.881. The van der Waals surface area contributed by atoms with Gasteiger partial charge in [-0.1, -0.05) is 32.9 Å². The predicted molar refractivity (Wildman–Crippen MR) is 131 cm³/mol. The Bertz CT molecular complexity index is 1240. The first-order valence-electron chi connectivity index (χ1n) is 10.3. The van der Waals surface area contributed by atoms with Crippen LogP contribution in [0.4, 0.5) is 5.82 Å². The Morgan fingerprint density at radius 2 is 1.79 bits per heavy atom. The molecule has 0 aliphatic heterocycles. The first-order valence-corrected chi connectivity index (χ1v) is 12.6. The molecule has 0 saturated carbocycles. The number of rotatable bonds is 9. The van der Waals surface area contributed by atoms with Gasteiger partial charge in [-0.3, -0.25) is 4.72 Å². The van der Waals surface area contributed by atoms with E-state index in [9.17, 15) is 8.42 Å². The topological polar surface area (TPSA) is 120 Å². The number of aromatic nitrogens is 2. The number of hydrogen-bond donors (Lipinski definition) is 2. The van der Waals surface area contributed by atoms with Crippen molar-refractivity contribution in [2.75, 3.05) is 25.0 Å². The van der Waals surface area contributed by atoms with E-state index in [0.29, 0.717) is 16.0 Å². The molecule has 0 bridgehead atoms. The van der Waals surface area contributed by atoms with Gasteiger partial charge in [-0.15, -0.1) is 0 Å². The molecule has 0 aliphatic carbocycles. The standard InChI is InChI=1S/C23H26BrN3O6S/c1-23(2,3)15-5-8-17(9-6-15)34(29,30)27-21-20(22(26-14-25-21)32-12-11-28)33-19-13-16(31-4)7-10-18(19)24/h5-10,13-14,28H,11-12H2,1-4H3,(H,25,26,27). The fraction of sp³-hybridized carbons (Fsp3) is 0.304. The molecule has 0 atom stereocenters. The van der Waals surface area contributed by atoms with Crippen LogP contribution in [0, 0.1) is 0 Å². The molecular formula is C23H26BrN3O6S. The maximum atomic E-state index is 13.1. The molecule has 11 heteroatoms. The molecule has 1 heterocycles. The lowest BCUT2D eigenvalue weighted by molar-refractivity contribution is 0.192. The number of aliphatic hydroxyl groups is 1. The Hall–Kier alpha value is -2.89. The highest BCUT2D eigenvalue weighted by molar-refractivity contribution is 9.10. The van der Waals surface area contributed by atoms with Crippen molar-refractivity contribution in [3.05, 3.63) is 58.8 Å². The smallest absolute Gasteiger partial charge is 0.263 e. The third-order valence-electron chi connectivity index (χ3n) is 4.71. The Kier molecular flexibility index (Phi) is 8.01. The molecular weight excluding hydrogens is 526 g/mol. The average molecular weight is 552 g/mol. The van der Waals surface area contributed by atoms with E-state index < -0.39 is 10.0 Å². The van der Waals surface area contributed by atoms with Crippen molar-refractivity contribution < 1.29 is 27.7 Å². The van der Waals surface area contributed by atoms with Crippen LogP contribution < -0.4 is 18.9 Å². The third kappa shape index (κ3) is 6.16. The van der Waals surface area contributed by atoms with Crippen LogP contribution in [-0.2, 0) is 15.4 Å². The zero-order chi connectivity index (χ0) is 24.9. The number of ether oxygens (including phenoxy) is 3. The molecule has 0 aliphatic rings. The first kappa shape index (κ1) is 25.7. The van der Waals surface area contributed by atoms with Crippen molar-refractivity contribution in [3.63, 3.8) is 0 Å². The highest BCUT2D eigenvalue weighted by Crippen LogP contribution is 2.40. The third-order valence-corrected chi connectivity index (χ3v) is 6.72. The number of methoxy groups -OCH3 is 1. The molecule has 2 N–H and O–H groups in total. The second kappa shape index (κ2) is 10.6. The number of hydrogen-bond acceptors (Lipinski definition) is 8. The number of anilines is 1. The van der Waals surface area contributed by atoms with Gasteiger partial charge in [-0.05, 0) is 51.2 Å². The maximum absolute atomic E-state index is 13.1. The van der Waals surface area contributed by atoms with Gasteiger partial charge in [-0.25, -0.2) is 13.4 Å². The van der Waals surface area contributed by atoms with E-state index in [-0.39, 0.29) is 41.0 Å². The normalized spacial score (nSPS) is 11.7. The summed E-state index contributed by atoms with van der Waals surface area (Å²) >= 11 is 3.40. The minimum absolute atomic E-state index is 0.0421. The van der Waals surface area contributed by atoms with Crippen molar-refractivity contribution in [2.45, 2.75) is 31.1 Å². The van der Waals surface area contributed by atoms with Gasteiger partial charge in [-0.2, -0.15) is 4.98 Å². The Morgan fingerprint density at radius 3 is 2.41 bits per heavy atom. The molecule has 34 heavy (non-hydrogen) atoms. The molecule has 0 fully saturated rings. The summed E-state index contributed by atoms with van der Waals surface area (Å²) < 4.78 is 45.9. The first-order chi connectivity index (χ1) is 16.0. The Labute approximate surface area is 207 Å². The Morgan fingerprint density at radius 1 is 1.09 bits per heavy atom. The minimum Gasteiger partial charge on any atom is -0.497 e. The van der Waals surface area contributed by atoms with Gasteiger partial charge in [0.25, 0.3) is 15.9 Å². The second-order valence-corrected chi connectivity index (χ2v) is 10.7. The largest absolute Gasteiger partial charge is 0.497 e. The van der Waals surface area contributed by atoms with E-state index in [2.05, 4.69) is 30.6 Å². The fourth-order valence-electron chi connectivity index (χ4n) is 2.89. The van der Waals surface area contributed by atoms with Gasteiger partial charge >= 0.3 is 0 Å². The lowest BCUT2D eigenvalue weighted by Gasteiger charge is -2.19. The molecule has 0 radical (unpaired) electrons. The number of sulfonamides is 1. The fourth-order valence-corrected chi connectivity index (χ4v) is 4.23. The van der Waals surface area contributed by atoms with Gasteiger partial charge in [0, 0.05) is 6.07 Å². The maximum Gasteiger partial charge on any atom is 0.263 e. The summed E-state index contributed by atoms with van der Waals surface area (Å²) in [7, 11) is -2.50. The van der Waals surface area contributed by atoms with Crippen LogP contribution in [0.1, 0.15) is 26.3 Å². The van der Waals surface area contributed by atoms with E-state index in [0.717, 1.165) is 11.9 Å². The van der Waals surface area contributed by atoms with E-state index >= 15 is 0 Å². The van der Waals surface area contributed by atoms with Crippen LogP contribution >= 0.6 is 15.9 Å². The van der Waals surface area contributed by atoms with Crippen LogP contribution in [0.25, 0.3) is 0 Å². The summed E-state index contributed by atoms with van der Waals surface area (Å²) in [6.45, 7) is 5.79. The number of halogens is 1. The average Bonchev–Trinajstić information content (AvgIpc) is 2.80. The number of aliphatic hydroxyl groups excluding tert-OH is 1. The summed E-state index contributed by atoms with van der Waals surface area (Å²) in [5.74, 6) is 0.601. The molecule has 9 nitrogen and oxygen atoms in total. The van der Waals surface area contributed by atoms with Gasteiger partial charge in [0.15, 0.2) is 5.82 Å². The van der Waals surface area contributed by atoms with Crippen molar-refractivity contribution in [2.24, 2.45) is 0 Å². The van der Waals surface area contributed by atoms with E-state index in [1.807, 2.05) is 20.8 Å². The molecule has 2 aromatic carbocycles. The van der Waals surface area contributed by atoms with Crippen LogP contribution in [0.3, 0.4) is 0 Å². The van der Waals surface area contributed by atoms with Gasteiger partial charge in [0.05, 0.1) is 23.1 Å².